The summed E-state index contributed by atoms with van der Waals surface area (Å²) in [6.07, 6.45) is 11.5. The third kappa shape index (κ3) is 2.88. The number of Topliss-reactive ketones (excluding diaryl/α,β-unsaturated/α-hetero) is 2. The van der Waals surface area contributed by atoms with Crippen molar-refractivity contribution in [2.45, 2.75) is 51.4 Å². The van der Waals surface area contributed by atoms with Crippen molar-refractivity contribution in [3.05, 3.63) is 42.2 Å². The van der Waals surface area contributed by atoms with E-state index in [0.717, 1.165) is 35.6 Å². The Morgan fingerprint density at radius 1 is 1.17 bits per heavy atom. The SMILES string of the molecule is O=C1CC2(CCC(CCC(=O)c3cccc4cnccc34)CC2)C1. The maximum Gasteiger partial charge on any atom is 0.163 e. The van der Waals surface area contributed by atoms with Crippen LogP contribution in [0, 0.1) is 11.3 Å². The molecule has 2 aliphatic rings. The zero-order valence-corrected chi connectivity index (χ0v) is 14.0. The second-order valence-electron chi connectivity index (χ2n) is 7.70. The van der Waals surface area contributed by atoms with Gasteiger partial charge in [0.25, 0.3) is 0 Å². The van der Waals surface area contributed by atoms with Crippen LogP contribution in [0.2, 0.25) is 0 Å². The summed E-state index contributed by atoms with van der Waals surface area (Å²) in [7, 11) is 0. The molecule has 0 atom stereocenters. The van der Waals surface area contributed by atoms with Gasteiger partial charge in [0, 0.05) is 42.6 Å². The molecule has 1 aromatic carbocycles. The van der Waals surface area contributed by atoms with Gasteiger partial charge in [-0.25, -0.2) is 0 Å². The van der Waals surface area contributed by atoms with Crippen LogP contribution in [0.15, 0.2) is 36.7 Å². The first-order chi connectivity index (χ1) is 11.7. The summed E-state index contributed by atoms with van der Waals surface area (Å²) in [5, 5.41) is 2.03. The van der Waals surface area contributed by atoms with Crippen LogP contribution in [-0.4, -0.2) is 16.6 Å². The van der Waals surface area contributed by atoms with E-state index in [9.17, 15) is 9.59 Å². The van der Waals surface area contributed by atoms with Crippen LogP contribution < -0.4 is 0 Å². The number of benzene rings is 1. The molecule has 124 valence electrons. The molecule has 0 unspecified atom stereocenters. The first-order valence-electron chi connectivity index (χ1n) is 9.03. The van der Waals surface area contributed by atoms with E-state index in [0.29, 0.717) is 23.5 Å². The van der Waals surface area contributed by atoms with Gasteiger partial charge < -0.3 is 0 Å². The first kappa shape index (κ1) is 15.5. The third-order valence-electron chi connectivity index (χ3n) is 6.07. The Bertz CT molecular complexity index is 772. The Hall–Kier alpha value is -2.03. The number of fused-ring (bicyclic) bond motifs is 1. The number of ketones is 2. The molecular weight excluding hydrogens is 298 g/mol. The molecule has 0 amide bonds. The second kappa shape index (κ2) is 6.12. The predicted octanol–water partition coefficient (Wildman–Crippen LogP) is 4.74. The Kier molecular flexibility index (Phi) is 3.95. The van der Waals surface area contributed by atoms with Crippen LogP contribution in [-0.2, 0) is 4.79 Å². The normalized spacial score (nSPS) is 20.2. The minimum Gasteiger partial charge on any atom is -0.300 e. The number of nitrogens with zero attached hydrogens (tertiary/aromatic N) is 1. The van der Waals surface area contributed by atoms with Gasteiger partial charge in [0.1, 0.15) is 5.78 Å². The molecule has 0 aliphatic heterocycles. The summed E-state index contributed by atoms with van der Waals surface area (Å²) >= 11 is 0. The molecule has 1 heterocycles. The average Bonchev–Trinajstić information content (AvgIpc) is 2.59. The molecule has 4 rings (SSSR count). The smallest absolute Gasteiger partial charge is 0.163 e. The molecule has 2 aliphatic carbocycles. The number of hydrogen-bond donors (Lipinski definition) is 0. The van der Waals surface area contributed by atoms with E-state index in [4.69, 9.17) is 0 Å². The van der Waals surface area contributed by atoms with Gasteiger partial charge in [-0.3, -0.25) is 14.6 Å². The lowest BCUT2D eigenvalue weighted by molar-refractivity contribution is -0.135. The molecular formula is C21H23NO2. The lowest BCUT2D eigenvalue weighted by atomic mass is 9.58. The van der Waals surface area contributed by atoms with Crippen LogP contribution in [0.1, 0.15) is 61.7 Å². The number of carbonyl (C=O) groups is 2. The minimum absolute atomic E-state index is 0.242. The monoisotopic (exact) mass is 321 g/mol. The quantitative estimate of drug-likeness (QED) is 0.764. The van der Waals surface area contributed by atoms with Crippen molar-refractivity contribution in [3.63, 3.8) is 0 Å². The van der Waals surface area contributed by atoms with Gasteiger partial charge in [-0.05, 0) is 54.9 Å². The molecule has 2 saturated carbocycles. The zero-order valence-electron chi connectivity index (χ0n) is 14.0. The van der Waals surface area contributed by atoms with Gasteiger partial charge in [0.15, 0.2) is 5.78 Å². The van der Waals surface area contributed by atoms with E-state index in [-0.39, 0.29) is 5.78 Å². The second-order valence-corrected chi connectivity index (χ2v) is 7.70. The van der Waals surface area contributed by atoms with Gasteiger partial charge in [-0.15, -0.1) is 0 Å². The Balaban J connectivity index is 1.36. The van der Waals surface area contributed by atoms with Crippen molar-refractivity contribution < 1.29 is 9.59 Å². The fraction of sp³-hybridized carbons (Fsp3) is 0.476. The molecule has 1 aromatic heterocycles. The van der Waals surface area contributed by atoms with Gasteiger partial charge in [-0.1, -0.05) is 18.2 Å². The number of hydrogen-bond acceptors (Lipinski definition) is 3. The molecule has 3 heteroatoms. The molecule has 1 spiro atoms. The predicted molar refractivity (Wildman–Crippen MR) is 93.9 cm³/mol. The van der Waals surface area contributed by atoms with Crippen molar-refractivity contribution >= 4 is 22.3 Å². The zero-order chi connectivity index (χ0) is 16.6. The van der Waals surface area contributed by atoms with Gasteiger partial charge >= 0.3 is 0 Å². The Morgan fingerprint density at radius 3 is 2.71 bits per heavy atom. The van der Waals surface area contributed by atoms with E-state index < -0.39 is 0 Å². The van der Waals surface area contributed by atoms with E-state index >= 15 is 0 Å². The highest BCUT2D eigenvalue weighted by molar-refractivity contribution is 6.07. The topological polar surface area (TPSA) is 47.0 Å². The summed E-state index contributed by atoms with van der Waals surface area (Å²) in [6.45, 7) is 0. The lowest BCUT2D eigenvalue weighted by Crippen LogP contribution is -2.40. The fourth-order valence-corrected chi connectivity index (χ4v) is 4.55. The van der Waals surface area contributed by atoms with E-state index in [2.05, 4.69) is 4.98 Å². The molecule has 24 heavy (non-hydrogen) atoms. The van der Waals surface area contributed by atoms with Gasteiger partial charge in [-0.2, -0.15) is 0 Å². The fourth-order valence-electron chi connectivity index (χ4n) is 4.55. The lowest BCUT2D eigenvalue weighted by Gasteiger charge is -2.45. The third-order valence-corrected chi connectivity index (χ3v) is 6.07. The summed E-state index contributed by atoms with van der Waals surface area (Å²) < 4.78 is 0. The molecule has 0 bridgehead atoms. The number of rotatable bonds is 4. The van der Waals surface area contributed by atoms with E-state index in [1.54, 1.807) is 6.20 Å². The highest BCUT2D eigenvalue weighted by Crippen LogP contribution is 2.51. The molecule has 0 N–H and O–H groups in total. The van der Waals surface area contributed by atoms with E-state index in [1.165, 1.54) is 25.7 Å². The van der Waals surface area contributed by atoms with Crippen molar-refractivity contribution in [1.29, 1.82) is 0 Å². The van der Waals surface area contributed by atoms with Gasteiger partial charge in [0.2, 0.25) is 0 Å². The minimum atomic E-state index is 0.242. The highest BCUT2D eigenvalue weighted by atomic mass is 16.1. The number of pyridine rings is 1. The summed E-state index contributed by atoms with van der Waals surface area (Å²) in [5.41, 5.74) is 1.17. The maximum atomic E-state index is 12.7. The van der Waals surface area contributed by atoms with Crippen molar-refractivity contribution in [1.82, 2.24) is 4.98 Å². The Labute approximate surface area is 142 Å². The summed E-state index contributed by atoms with van der Waals surface area (Å²) in [6, 6.07) is 7.80. The van der Waals surface area contributed by atoms with Crippen molar-refractivity contribution in [2.24, 2.45) is 11.3 Å². The standard InChI is InChI=1S/C21H23NO2/c23-17-12-21(13-17)9-6-15(7-10-21)4-5-20(24)19-3-1-2-16-14-22-11-8-18(16)19/h1-3,8,11,14-15H,4-7,9-10,12-13H2. The average molecular weight is 321 g/mol. The highest BCUT2D eigenvalue weighted by Gasteiger charge is 2.45. The van der Waals surface area contributed by atoms with Crippen LogP contribution >= 0.6 is 0 Å². The summed E-state index contributed by atoms with van der Waals surface area (Å²) in [4.78, 5) is 28.1. The first-order valence-corrected chi connectivity index (χ1v) is 9.03. The largest absolute Gasteiger partial charge is 0.300 e. The molecule has 2 aromatic rings. The molecule has 2 fully saturated rings. The van der Waals surface area contributed by atoms with Crippen molar-refractivity contribution in [2.75, 3.05) is 0 Å². The molecule has 0 saturated heterocycles. The van der Waals surface area contributed by atoms with Crippen LogP contribution in [0.4, 0.5) is 0 Å². The number of aromatic nitrogens is 1. The number of carbonyl (C=O) groups excluding carboxylic acids is 2. The van der Waals surface area contributed by atoms with Gasteiger partial charge in [0.05, 0.1) is 0 Å². The maximum absolute atomic E-state index is 12.7. The Morgan fingerprint density at radius 2 is 1.96 bits per heavy atom. The van der Waals surface area contributed by atoms with Crippen LogP contribution in [0.25, 0.3) is 10.8 Å². The summed E-state index contributed by atoms with van der Waals surface area (Å²) in [5.74, 6) is 1.33. The van der Waals surface area contributed by atoms with E-state index in [1.807, 2.05) is 30.5 Å². The molecule has 0 radical (unpaired) electrons. The van der Waals surface area contributed by atoms with Crippen molar-refractivity contribution in [3.8, 4) is 0 Å². The van der Waals surface area contributed by atoms with Crippen LogP contribution in [0.3, 0.4) is 0 Å². The molecule has 3 nitrogen and oxygen atoms in total. The van der Waals surface area contributed by atoms with Crippen LogP contribution in [0.5, 0.6) is 0 Å².